The normalized spacial score (nSPS) is 21.5. The third-order valence-electron chi connectivity index (χ3n) is 4.87. The van der Waals surface area contributed by atoms with Gasteiger partial charge in [0.1, 0.15) is 6.10 Å². The number of rotatable bonds is 7. The number of benzene rings is 2. The summed E-state index contributed by atoms with van der Waals surface area (Å²) in [6.45, 7) is 2.06. The zero-order chi connectivity index (χ0) is 22.1. The molecule has 10 heteroatoms. The van der Waals surface area contributed by atoms with Crippen molar-refractivity contribution in [3.63, 3.8) is 0 Å². The van der Waals surface area contributed by atoms with Crippen LogP contribution in [-0.2, 0) is 36.1 Å². The Kier molecular flexibility index (Phi) is 6.39. The van der Waals surface area contributed by atoms with Gasteiger partial charge in [-0.1, -0.05) is 47.0 Å². The van der Waals surface area contributed by atoms with Crippen LogP contribution in [-0.4, -0.2) is 37.3 Å². The fraction of sp³-hybridized carbons (Fsp3) is 0.286. The average Bonchev–Trinajstić information content (AvgIpc) is 3.38. The van der Waals surface area contributed by atoms with E-state index >= 15 is 0 Å². The van der Waals surface area contributed by atoms with E-state index in [1.165, 1.54) is 12.1 Å². The summed E-state index contributed by atoms with van der Waals surface area (Å²) in [5.74, 6) is -1.25. The molecule has 0 bridgehead atoms. The van der Waals surface area contributed by atoms with Crippen LogP contribution < -0.4 is 0 Å². The van der Waals surface area contributed by atoms with Crippen LogP contribution >= 0.6 is 23.2 Å². The van der Waals surface area contributed by atoms with E-state index in [-0.39, 0.29) is 24.7 Å². The molecule has 0 aliphatic carbocycles. The van der Waals surface area contributed by atoms with Gasteiger partial charge in [-0.05, 0) is 31.2 Å². The van der Waals surface area contributed by atoms with Gasteiger partial charge in [-0.25, -0.2) is 4.98 Å². The van der Waals surface area contributed by atoms with Crippen LogP contribution in [0.25, 0.3) is 0 Å². The molecule has 2 atom stereocenters. The second-order valence-electron chi connectivity index (χ2n) is 7.21. The summed E-state index contributed by atoms with van der Waals surface area (Å²) in [6, 6.07) is 11.5. The van der Waals surface area contributed by atoms with Crippen molar-refractivity contribution in [1.82, 2.24) is 9.55 Å². The van der Waals surface area contributed by atoms with E-state index in [1.54, 1.807) is 53.6 Å². The maximum absolute atomic E-state index is 12.5. The van der Waals surface area contributed by atoms with Crippen molar-refractivity contribution in [2.75, 3.05) is 13.2 Å². The Morgan fingerprint density at radius 1 is 1.23 bits per heavy atom. The molecule has 4 rings (SSSR count). The van der Waals surface area contributed by atoms with Crippen molar-refractivity contribution >= 4 is 33.3 Å². The molecular formula is C21H20Cl2N2O5S. The van der Waals surface area contributed by atoms with Gasteiger partial charge in [-0.3, -0.25) is 4.18 Å². The zero-order valence-electron chi connectivity index (χ0n) is 16.6. The van der Waals surface area contributed by atoms with E-state index in [0.717, 1.165) is 5.56 Å². The highest BCUT2D eigenvalue weighted by Gasteiger charge is 2.45. The first-order valence-corrected chi connectivity index (χ1v) is 11.6. The van der Waals surface area contributed by atoms with Gasteiger partial charge in [0.05, 0.1) is 36.0 Å². The molecule has 2 heterocycles. The summed E-state index contributed by atoms with van der Waals surface area (Å²) in [6.07, 6.45) is 4.41. The molecular weight excluding hydrogens is 463 g/mol. The van der Waals surface area contributed by atoms with E-state index in [9.17, 15) is 8.42 Å². The molecule has 2 aromatic carbocycles. The van der Waals surface area contributed by atoms with E-state index in [2.05, 4.69) is 4.98 Å². The van der Waals surface area contributed by atoms with Gasteiger partial charge in [0.2, 0.25) is 5.79 Å². The molecule has 0 N–H and O–H groups in total. The van der Waals surface area contributed by atoms with E-state index < -0.39 is 22.0 Å². The minimum atomic E-state index is -3.92. The summed E-state index contributed by atoms with van der Waals surface area (Å²) < 4.78 is 44.3. The van der Waals surface area contributed by atoms with Crippen LogP contribution in [0.2, 0.25) is 10.0 Å². The molecule has 31 heavy (non-hydrogen) atoms. The molecule has 1 aromatic heterocycles. The van der Waals surface area contributed by atoms with Gasteiger partial charge in [0, 0.05) is 23.0 Å². The minimum absolute atomic E-state index is 0.0856. The summed E-state index contributed by atoms with van der Waals surface area (Å²) in [7, 11) is -3.92. The number of hydrogen-bond donors (Lipinski definition) is 0. The van der Waals surface area contributed by atoms with Crippen LogP contribution in [0.15, 0.2) is 66.1 Å². The Balaban J connectivity index is 1.53. The fourth-order valence-electron chi connectivity index (χ4n) is 3.31. The summed E-state index contributed by atoms with van der Waals surface area (Å²) in [5, 5.41) is 0.857. The Labute approximate surface area is 190 Å². The monoisotopic (exact) mass is 482 g/mol. The van der Waals surface area contributed by atoms with E-state index in [1.807, 2.05) is 6.92 Å². The molecule has 0 amide bonds. The number of aromatic nitrogens is 2. The van der Waals surface area contributed by atoms with Crippen molar-refractivity contribution in [1.29, 1.82) is 0 Å². The van der Waals surface area contributed by atoms with Gasteiger partial charge >= 0.3 is 0 Å². The molecule has 1 aliphatic heterocycles. The van der Waals surface area contributed by atoms with Crippen molar-refractivity contribution in [3.05, 3.63) is 82.4 Å². The third-order valence-corrected chi connectivity index (χ3v) is 6.71. The lowest BCUT2D eigenvalue weighted by molar-refractivity contribution is -0.189. The average molecular weight is 483 g/mol. The standard InChI is InChI=1S/C21H20Cl2N2O5S/c1-15-2-5-18(6-3-15)31(26,27)29-12-17-11-28-21(30-17,13-25-9-8-24-14-25)19-7-4-16(22)10-20(19)23/h2-10,14,17H,11-13H2,1H3/t17-,21+/m1/s1. The number of nitrogens with zero attached hydrogens (tertiary/aromatic N) is 2. The van der Waals surface area contributed by atoms with Gasteiger partial charge in [0.25, 0.3) is 10.1 Å². The lowest BCUT2D eigenvalue weighted by Crippen LogP contribution is -2.34. The van der Waals surface area contributed by atoms with Crippen molar-refractivity contribution < 1.29 is 22.1 Å². The Morgan fingerprint density at radius 3 is 2.68 bits per heavy atom. The zero-order valence-corrected chi connectivity index (χ0v) is 18.9. The predicted octanol–water partition coefficient (Wildman–Crippen LogP) is 4.17. The summed E-state index contributed by atoms with van der Waals surface area (Å²) in [5.41, 5.74) is 1.53. The number of aryl methyl sites for hydroxylation is 1. The topological polar surface area (TPSA) is 79.7 Å². The third kappa shape index (κ3) is 4.95. The van der Waals surface area contributed by atoms with Crippen LogP contribution in [0.4, 0.5) is 0 Å². The fourth-order valence-corrected chi connectivity index (χ4v) is 4.80. The SMILES string of the molecule is Cc1ccc(S(=O)(=O)OC[C@H]2CO[C@](Cn3ccnc3)(c3ccc(Cl)cc3Cl)O2)cc1. The molecule has 7 nitrogen and oxygen atoms in total. The maximum Gasteiger partial charge on any atom is 0.297 e. The molecule has 0 radical (unpaired) electrons. The van der Waals surface area contributed by atoms with Gasteiger partial charge in [-0.15, -0.1) is 0 Å². The Bertz CT molecular complexity index is 1150. The highest BCUT2D eigenvalue weighted by molar-refractivity contribution is 7.86. The molecule has 164 valence electrons. The van der Waals surface area contributed by atoms with E-state index in [0.29, 0.717) is 15.6 Å². The van der Waals surface area contributed by atoms with Crippen LogP contribution in [0, 0.1) is 6.92 Å². The van der Waals surface area contributed by atoms with Crippen LogP contribution in [0.3, 0.4) is 0 Å². The highest BCUT2D eigenvalue weighted by atomic mass is 35.5. The lowest BCUT2D eigenvalue weighted by atomic mass is 10.1. The first-order valence-electron chi connectivity index (χ1n) is 9.47. The first-order chi connectivity index (χ1) is 14.8. The molecule has 3 aromatic rings. The van der Waals surface area contributed by atoms with Crippen molar-refractivity contribution in [2.45, 2.75) is 30.3 Å². The second-order valence-corrected chi connectivity index (χ2v) is 9.67. The Morgan fingerprint density at radius 2 is 2.00 bits per heavy atom. The predicted molar refractivity (Wildman–Crippen MR) is 116 cm³/mol. The Hall–Kier alpha value is -1.94. The lowest BCUT2D eigenvalue weighted by Gasteiger charge is -2.29. The maximum atomic E-state index is 12.5. The highest BCUT2D eigenvalue weighted by Crippen LogP contribution is 2.40. The largest absolute Gasteiger partial charge is 0.342 e. The van der Waals surface area contributed by atoms with Crippen LogP contribution in [0.1, 0.15) is 11.1 Å². The molecule has 1 fully saturated rings. The smallest absolute Gasteiger partial charge is 0.297 e. The van der Waals surface area contributed by atoms with Crippen molar-refractivity contribution in [3.8, 4) is 0 Å². The summed E-state index contributed by atoms with van der Waals surface area (Å²) >= 11 is 12.5. The number of hydrogen-bond acceptors (Lipinski definition) is 6. The number of ether oxygens (including phenoxy) is 2. The summed E-state index contributed by atoms with van der Waals surface area (Å²) in [4.78, 5) is 4.13. The molecule has 1 saturated heterocycles. The second kappa shape index (κ2) is 8.90. The molecule has 0 saturated carbocycles. The number of halogens is 2. The van der Waals surface area contributed by atoms with Gasteiger partial charge in [0.15, 0.2) is 0 Å². The van der Waals surface area contributed by atoms with Gasteiger partial charge in [-0.2, -0.15) is 8.42 Å². The number of imidazole rings is 1. The van der Waals surface area contributed by atoms with Crippen molar-refractivity contribution in [2.24, 2.45) is 0 Å². The first kappa shape index (κ1) is 22.3. The van der Waals surface area contributed by atoms with Crippen LogP contribution in [0.5, 0.6) is 0 Å². The quantitative estimate of drug-likeness (QED) is 0.470. The van der Waals surface area contributed by atoms with Gasteiger partial charge < -0.3 is 14.0 Å². The van der Waals surface area contributed by atoms with E-state index in [4.69, 9.17) is 36.9 Å². The molecule has 0 unspecified atom stereocenters. The molecule has 0 spiro atoms. The minimum Gasteiger partial charge on any atom is -0.342 e. The molecule has 1 aliphatic rings.